The van der Waals surface area contributed by atoms with E-state index in [1.165, 1.54) is 0 Å². The van der Waals surface area contributed by atoms with E-state index in [0.29, 0.717) is 5.82 Å². The van der Waals surface area contributed by atoms with Crippen LogP contribution in [0.2, 0.25) is 0 Å². The standard InChI is InChI=1S/C19H18N2O/c1-2-3-7-14-12-15-13-17(10-11-18(15)21-19(14)20)22-16-8-5-4-6-9-16/h2-6,8-13H,7H2,1H3,(H2,20,21)/b3-2-. The first-order chi connectivity index (χ1) is 10.8. The Morgan fingerprint density at radius 3 is 2.64 bits per heavy atom. The fraction of sp³-hybridized carbons (Fsp3) is 0.105. The molecule has 3 nitrogen and oxygen atoms in total. The minimum atomic E-state index is 0.585. The Hall–Kier alpha value is -2.81. The third kappa shape index (κ3) is 3.09. The molecule has 22 heavy (non-hydrogen) atoms. The van der Waals surface area contributed by atoms with Crippen LogP contribution in [-0.4, -0.2) is 4.98 Å². The van der Waals surface area contributed by atoms with Crippen molar-refractivity contribution in [3.63, 3.8) is 0 Å². The van der Waals surface area contributed by atoms with Gasteiger partial charge in [0.15, 0.2) is 0 Å². The lowest BCUT2D eigenvalue weighted by Crippen LogP contribution is -1.97. The van der Waals surface area contributed by atoms with Crippen molar-refractivity contribution in [3.8, 4) is 11.5 Å². The molecular formula is C19H18N2O. The molecule has 110 valence electrons. The van der Waals surface area contributed by atoms with E-state index in [-0.39, 0.29) is 0 Å². The average Bonchev–Trinajstić information content (AvgIpc) is 2.54. The molecule has 1 heterocycles. The Kier molecular flexibility index (Phi) is 4.05. The number of rotatable bonds is 4. The van der Waals surface area contributed by atoms with Gasteiger partial charge in [-0.15, -0.1) is 0 Å². The predicted octanol–water partition coefficient (Wildman–Crippen LogP) is 4.73. The van der Waals surface area contributed by atoms with E-state index in [0.717, 1.165) is 34.4 Å². The van der Waals surface area contributed by atoms with Gasteiger partial charge in [-0.1, -0.05) is 30.4 Å². The predicted molar refractivity (Wildman–Crippen MR) is 91.2 cm³/mol. The second kappa shape index (κ2) is 6.31. The van der Waals surface area contributed by atoms with E-state index in [9.17, 15) is 0 Å². The van der Waals surface area contributed by atoms with Crippen molar-refractivity contribution < 1.29 is 4.74 Å². The molecule has 2 aromatic carbocycles. The van der Waals surface area contributed by atoms with Crippen LogP contribution < -0.4 is 10.5 Å². The monoisotopic (exact) mass is 290 g/mol. The number of fused-ring (bicyclic) bond motifs is 1. The molecule has 0 atom stereocenters. The molecule has 0 aliphatic carbocycles. The van der Waals surface area contributed by atoms with Gasteiger partial charge in [-0.05, 0) is 55.3 Å². The van der Waals surface area contributed by atoms with Crippen molar-refractivity contribution >= 4 is 16.7 Å². The topological polar surface area (TPSA) is 48.1 Å². The lowest BCUT2D eigenvalue weighted by molar-refractivity contribution is 0.483. The Morgan fingerprint density at radius 2 is 1.86 bits per heavy atom. The van der Waals surface area contributed by atoms with Gasteiger partial charge >= 0.3 is 0 Å². The first-order valence-electron chi connectivity index (χ1n) is 7.29. The van der Waals surface area contributed by atoms with Gasteiger partial charge in [0.05, 0.1) is 5.52 Å². The number of allylic oxidation sites excluding steroid dienone is 2. The molecule has 3 rings (SSSR count). The second-order valence-electron chi connectivity index (χ2n) is 5.08. The molecule has 2 N–H and O–H groups in total. The highest BCUT2D eigenvalue weighted by Gasteiger charge is 2.05. The number of hydrogen-bond acceptors (Lipinski definition) is 3. The summed E-state index contributed by atoms with van der Waals surface area (Å²) in [5.41, 5.74) is 7.92. The number of nitrogens with zero attached hydrogens (tertiary/aromatic N) is 1. The Bertz CT molecular complexity index is 810. The van der Waals surface area contributed by atoms with E-state index >= 15 is 0 Å². The van der Waals surface area contributed by atoms with Crippen LogP contribution in [0.25, 0.3) is 10.9 Å². The highest BCUT2D eigenvalue weighted by molar-refractivity contribution is 5.83. The van der Waals surface area contributed by atoms with Crippen LogP contribution in [0.3, 0.4) is 0 Å². The zero-order valence-electron chi connectivity index (χ0n) is 12.5. The summed E-state index contributed by atoms with van der Waals surface area (Å²) in [5.74, 6) is 2.20. The summed E-state index contributed by atoms with van der Waals surface area (Å²) in [7, 11) is 0. The summed E-state index contributed by atoms with van der Waals surface area (Å²) in [5, 5.41) is 1.03. The van der Waals surface area contributed by atoms with E-state index in [1.54, 1.807) is 0 Å². The summed E-state index contributed by atoms with van der Waals surface area (Å²) < 4.78 is 5.86. The van der Waals surface area contributed by atoms with Crippen LogP contribution in [-0.2, 0) is 6.42 Å². The molecule has 0 bridgehead atoms. The average molecular weight is 290 g/mol. The van der Waals surface area contributed by atoms with Gasteiger partial charge in [0.1, 0.15) is 17.3 Å². The molecule has 1 aromatic heterocycles. The van der Waals surface area contributed by atoms with Gasteiger partial charge in [-0.25, -0.2) is 4.98 Å². The van der Waals surface area contributed by atoms with Crippen LogP contribution in [0.15, 0.2) is 66.7 Å². The number of ether oxygens (including phenoxy) is 1. The molecule has 0 saturated heterocycles. The lowest BCUT2D eigenvalue weighted by atomic mass is 10.1. The minimum Gasteiger partial charge on any atom is -0.457 e. The Labute approximate surface area is 130 Å². The van der Waals surface area contributed by atoms with Crippen LogP contribution in [0, 0.1) is 0 Å². The fourth-order valence-electron chi connectivity index (χ4n) is 2.31. The summed E-state index contributed by atoms with van der Waals surface area (Å²) >= 11 is 0. The molecule has 0 fully saturated rings. The molecule has 0 aliphatic rings. The maximum Gasteiger partial charge on any atom is 0.128 e. The van der Waals surface area contributed by atoms with Gasteiger partial charge in [-0.3, -0.25) is 0 Å². The highest BCUT2D eigenvalue weighted by Crippen LogP contribution is 2.27. The first-order valence-corrected chi connectivity index (χ1v) is 7.29. The third-order valence-electron chi connectivity index (χ3n) is 3.45. The minimum absolute atomic E-state index is 0.585. The Balaban J connectivity index is 1.95. The molecule has 0 unspecified atom stereocenters. The third-order valence-corrected chi connectivity index (χ3v) is 3.45. The van der Waals surface area contributed by atoms with Crippen LogP contribution in [0.5, 0.6) is 11.5 Å². The van der Waals surface area contributed by atoms with E-state index in [1.807, 2.05) is 61.5 Å². The van der Waals surface area contributed by atoms with E-state index < -0.39 is 0 Å². The van der Waals surface area contributed by atoms with Crippen molar-refractivity contribution in [2.24, 2.45) is 0 Å². The molecule has 0 radical (unpaired) electrons. The SMILES string of the molecule is C/C=C\Cc1cc2cc(Oc3ccccc3)ccc2nc1N. The maximum atomic E-state index is 6.01. The normalized spacial score (nSPS) is 11.1. The van der Waals surface area contributed by atoms with Crippen LogP contribution >= 0.6 is 0 Å². The maximum absolute atomic E-state index is 6.01. The molecular weight excluding hydrogens is 272 g/mol. The number of anilines is 1. The number of nitrogen functional groups attached to an aromatic ring is 1. The van der Waals surface area contributed by atoms with Crippen molar-refractivity contribution in [3.05, 3.63) is 72.3 Å². The molecule has 0 aliphatic heterocycles. The van der Waals surface area contributed by atoms with Crippen molar-refractivity contribution in [2.75, 3.05) is 5.73 Å². The van der Waals surface area contributed by atoms with Crippen LogP contribution in [0.4, 0.5) is 5.82 Å². The van der Waals surface area contributed by atoms with Gasteiger partial charge in [0.25, 0.3) is 0 Å². The molecule has 0 saturated carbocycles. The first kappa shape index (κ1) is 14.1. The van der Waals surface area contributed by atoms with Gasteiger partial charge in [-0.2, -0.15) is 0 Å². The smallest absolute Gasteiger partial charge is 0.128 e. The summed E-state index contributed by atoms with van der Waals surface area (Å²) in [4.78, 5) is 4.46. The van der Waals surface area contributed by atoms with Crippen molar-refractivity contribution in [2.45, 2.75) is 13.3 Å². The number of hydrogen-bond donors (Lipinski definition) is 1. The molecule has 3 heteroatoms. The summed E-state index contributed by atoms with van der Waals surface area (Å²) in [6, 6.07) is 17.7. The van der Waals surface area contributed by atoms with E-state index in [4.69, 9.17) is 10.5 Å². The van der Waals surface area contributed by atoms with Crippen molar-refractivity contribution in [1.82, 2.24) is 4.98 Å². The number of pyridine rings is 1. The Morgan fingerprint density at radius 1 is 1.05 bits per heavy atom. The molecule has 3 aromatic rings. The fourth-order valence-corrected chi connectivity index (χ4v) is 2.31. The lowest BCUT2D eigenvalue weighted by Gasteiger charge is -2.09. The van der Waals surface area contributed by atoms with E-state index in [2.05, 4.69) is 17.1 Å². The van der Waals surface area contributed by atoms with Gasteiger partial charge < -0.3 is 10.5 Å². The number of para-hydroxylation sites is 1. The number of nitrogens with two attached hydrogens (primary N) is 1. The molecule has 0 spiro atoms. The van der Waals surface area contributed by atoms with Gasteiger partial charge in [0.2, 0.25) is 0 Å². The second-order valence-corrected chi connectivity index (χ2v) is 5.08. The summed E-state index contributed by atoms with van der Waals surface area (Å²) in [6.07, 6.45) is 4.87. The highest BCUT2D eigenvalue weighted by atomic mass is 16.5. The largest absolute Gasteiger partial charge is 0.457 e. The number of benzene rings is 2. The van der Waals surface area contributed by atoms with Gasteiger partial charge in [0, 0.05) is 5.39 Å². The zero-order valence-corrected chi connectivity index (χ0v) is 12.5. The van der Waals surface area contributed by atoms with Crippen molar-refractivity contribution in [1.29, 1.82) is 0 Å². The molecule has 0 amide bonds. The zero-order chi connectivity index (χ0) is 15.4. The summed E-state index contributed by atoms with van der Waals surface area (Å²) in [6.45, 7) is 2.00. The quantitative estimate of drug-likeness (QED) is 0.707. The number of aromatic nitrogens is 1. The van der Waals surface area contributed by atoms with Crippen LogP contribution in [0.1, 0.15) is 12.5 Å².